The smallest absolute Gasteiger partial charge is 0.312 e. The van der Waals surface area contributed by atoms with E-state index in [0.717, 1.165) is 16.8 Å². The van der Waals surface area contributed by atoms with Crippen LogP contribution in [0.15, 0.2) is 84.9 Å². The summed E-state index contributed by atoms with van der Waals surface area (Å²) < 4.78 is 0. The first-order chi connectivity index (χ1) is 13.6. The number of carbonyl (C=O) groups excluding carboxylic acids is 2. The molecule has 0 radical (unpaired) electrons. The number of anilines is 1. The molecule has 0 saturated heterocycles. The maximum absolute atomic E-state index is 12.8. The van der Waals surface area contributed by atoms with Crippen molar-refractivity contribution in [2.75, 3.05) is 5.01 Å². The molecule has 0 aliphatic carbocycles. The second-order valence-corrected chi connectivity index (χ2v) is 6.26. The fraction of sp³-hybridized carbons (Fsp3) is 0.0909. The minimum absolute atomic E-state index is 0.214. The van der Waals surface area contributed by atoms with Crippen molar-refractivity contribution in [2.24, 2.45) is 5.73 Å². The van der Waals surface area contributed by atoms with E-state index >= 15 is 0 Å². The van der Waals surface area contributed by atoms with E-state index < -0.39 is 6.03 Å². The number of urea groups is 1. The van der Waals surface area contributed by atoms with E-state index in [-0.39, 0.29) is 5.91 Å². The summed E-state index contributed by atoms with van der Waals surface area (Å²) in [6, 6.07) is 26.1. The average Bonchev–Trinajstić information content (AvgIpc) is 2.73. The van der Waals surface area contributed by atoms with Gasteiger partial charge in [0, 0.05) is 12.1 Å². The number of hydrogen-bond donors (Lipinski definition) is 3. The highest BCUT2D eigenvalue weighted by Crippen LogP contribution is 2.15. The van der Waals surface area contributed by atoms with Crippen molar-refractivity contribution in [3.63, 3.8) is 0 Å². The van der Waals surface area contributed by atoms with Crippen LogP contribution in [0.3, 0.4) is 0 Å². The van der Waals surface area contributed by atoms with E-state index in [4.69, 9.17) is 5.73 Å². The molecule has 0 aromatic heterocycles. The molecule has 0 spiro atoms. The van der Waals surface area contributed by atoms with Crippen LogP contribution in [0.1, 0.15) is 21.5 Å². The Morgan fingerprint density at radius 1 is 0.786 bits per heavy atom. The quantitative estimate of drug-likeness (QED) is 0.555. The number of nitrogens with zero attached hydrogens (tertiary/aromatic N) is 1. The molecule has 4 N–H and O–H groups in total. The van der Waals surface area contributed by atoms with Crippen molar-refractivity contribution in [1.29, 1.82) is 0 Å². The van der Waals surface area contributed by atoms with Crippen molar-refractivity contribution in [3.8, 4) is 0 Å². The topological polar surface area (TPSA) is 87.5 Å². The highest BCUT2D eigenvalue weighted by Gasteiger charge is 2.13. The van der Waals surface area contributed by atoms with Crippen LogP contribution < -0.4 is 21.5 Å². The zero-order valence-corrected chi connectivity index (χ0v) is 15.3. The Labute approximate surface area is 163 Å². The molecule has 142 valence electrons. The summed E-state index contributed by atoms with van der Waals surface area (Å²) in [5.41, 5.74) is 11.4. The van der Waals surface area contributed by atoms with Crippen LogP contribution in [-0.2, 0) is 13.1 Å². The minimum Gasteiger partial charge on any atom is -0.352 e. The molecule has 3 rings (SSSR count). The van der Waals surface area contributed by atoms with Gasteiger partial charge in [-0.3, -0.25) is 15.2 Å². The maximum atomic E-state index is 12.8. The number of amides is 3. The Morgan fingerprint density at radius 2 is 1.39 bits per heavy atom. The van der Waals surface area contributed by atoms with Gasteiger partial charge in [0.25, 0.3) is 5.91 Å². The minimum atomic E-state index is -0.582. The Kier molecular flexibility index (Phi) is 6.25. The van der Waals surface area contributed by atoms with Gasteiger partial charge in [0.1, 0.15) is 0 Å². The third-order valence-electron chi connectivity index (χ3n) is 4.17. The Morgan fingerprint density at radius 3 is 2.00 bits per heavy atom. The number of carbonyl (C=O) groups is 2. The fourth-order valence-electron chi connectivity index (χ4n) is 2.72. The molecule has 3 aromatic carbocycles. The van der Waals surface area contributed by atoms with Gasteiger partial charge in [0.05, 0.1) is 12.2 Å². The van der Waals surface area contributed by atoms with Gasteiger partial charge in [-0.2, -0.15) is 0 Å². The molecule has 3 amide bonds. The number of hydrogen-bond acceptors (Lipinski definition) is 3. The number of primary amides is 1. The normalized spacial score (nSPS) is 10.1. The van der Waals surface area contributed by atoms with E-state index in [0.29, 0.717) is 18.7 Å². The molecule has 28 heavy (non-hydrogen) atoms. The van der Waals surface area contributed by atoms with Crippen LogP contribution in [-0.4, -0.2) is 11.9 Å². The molecule has 0 unspecified atom stereocenters. The lowest BCUT2D eigenvalue weighted by Crippen LogP contribution is -2.42. The molecule has 0 bridgehead atoms. The number of benzene rings is 3. The van der Waals surface area contributed by atoms with E-state index in [1.165, 1.54) is 0 Å². The van der Waals surface area contributed by atoms with Crippen LogP contribution in [0.2, 0.25) is 0 Å². The van der Waals surface area contributed by atoms with Crippen molar-refractivity contribution >= 4 is 17.6 Å². The summed E-state index contributed by atoms with van der Waals surface area (Å²) in [6.45, 7) is 0.860. The molecule has 6 heteroatoms. The lowest BCUT2D eigenvalue weighted by Gasteiger charge is -2.25. The second kappa shape index (κ2) is 9.23. The zero-order valence-electron chi connectivity index (χ0n) is 15.3. The molecular weight excluding hydrogens is 352 g/mol. The Hall–Kier alpha value is -3.80. The predicted molar refractivity (Wildman–Crippen MR) is 109 cm³/mol. The summed E-state index contributed by atoms with van der Waals surface area (Å²) in [5.74, 6) is -0.214. The molecule has 0 aliphatic heterocycles. The maximum Gasteiger partial charge on any atom is 0.312 e. The van der Waals surface area contributed by atoms with Gasteiger partial charge in [-0.05, 0) is 35.4 Å². The molecule has 0 atom stereocenters. The highest BCUT2D eigenvalue weighted by atomic mass is 16.2. The first kappa shape index (κ1) is 19.0. The van der Waals surface area contributed by atoms with E-state index in [9.17, 15) is 9.59 Å². The number of hydrazine groups is 1. The van der Waals surface area contributed by atoms with Crippen LogP contribution >= 0.6 is 0 Å². The van der Waals surface area contributed by atoms with Gasteiger partial charge in [0.15, 0.2) is 0 Å². The second-order valence-electron chi connectivity index (χ2n) is 6.26. The number of nitrogens with one attached hydrogen (secondary N) is 2. The summed E-state index contributed by atoms with van der Waals surface area (Å²) >= 11 is 0. The van der Waals surface area contributed by atoms with Crippen molar-refractivity contribution in [1.82, 2.24) is 10.7 Å². The van der Waals surface area contributed by atoms with Gasteiger partial charge in [0.2, 0.25) is 0 Å². The average molecular weight is 374 g/mol. The Balaban J connectivity index is 1.72. The largest absolute Gasteiger partial charge is 0.352 e. The standard InChI is InChI=1S/C22H22N4O2/c23-22(28)24-15-17-11-13-19(14-12-17)21(27)25-26(20-9-5-2-6-10-20)16-18-7-3-1-4-8-18/h1-14H,15-16H2,(H,25,27)(H3,23,24,28). The van der Waals surface area contributed by atoms with Crippen molar-refractivity contribution < 1.29 is 9.59 Å². The van der Waals surface area contributed by atoms with Crippen LogP contribution in [0.25, 0.3) is 0 Å². The fourth-order valence-corrected chi connectivity index (χ4v) is 2.72. The lowest BCUT2D eigenvalue weighted by molar-refractivity contribution is 0.0948. The third-order valence-corrected chi connectivity index (χ3v) is 4.17. The molecule has 0 fully saturated rings. The number of nitrogens with two attached hydrogens (primary N) is 1. The van der Waals surface area contributed by atoms with Crippen molar-refractivity contribution in [2.45, 2.75) is 13.1 Å². The van der Waals surface area contributed by atoms with Crippen LogP contribution in [0.5, 0.6) is 0 Å². The van der Waals surface area contributed by atoms with Gasteiger partial charge in [-0.1, -0.05) is 60.7 Å². The molecule has 3 aromatic rings. The molecule has 0 saturated carbocycles. The molecule has 6 nitrogen and oxygen atoms in total. The molecular formula is C22H22N4O2. The summed E-state index contributed by atoms with van der Waals surface area (Å²) in [6.07, 6.45) is 0. The predicted octanol–water partition coefficient (Wildman–Crippen LogP) is 3.21. The van der Waals surface area contributed by atoms with Crippen molar-refractivity contribution in [3.05, 3.63) is 102 Å². The van der Waals surface area contributed by atoms with Gasteiger partial charge < -0.3 is 11.1 Å². The SMILES string of the molecule is NC(=O)NCc1ccc(C(=O)NN(Cc2ccccc2)c2ccccc2)cc1. The van der Waals surface area contributed by atoms with E-state index in [1.54, 1.807) is 24.3 Å². The summed E-state index contributed by atoms with van der Waals surface area (Å²) in [4.78, 5) is 23.5. The molecule has 0 aliphatic rings. The number of para-hydroxylation sites is 1. The number of rotatable bonds is 7. The molecule has 0 heterocycles. The van der Waals surface area contributed by atoms with Gasteiger partial charge >= 0.3 is 6.03 Å². The zero-order chi connectivity index (χ0) is 19.8. The van der Waals surface area contributed by atoms with Gasteiger partial charge in [-0.15, -0.1) is 0 Å². The summed E-state index contributed by atoms with van der Waals surface area (Å²) in [7, 11) is 0. The first-order valence-electron chi connectivity index (χ1n) is 8.91. The van der Waals surface area contributed by atoms with Crippen LogP contribution in [0, 0.1) is 0 Å². The van der Waals surface area contributed by atoms with E-state index in [2.05, 4.69) is 10.7 Å². The highest BCUT2D eigenvalue weighted by molar-refractivity contribution is 5.95. The summed E-state index contributed by atoms with van der Waals surface area (Å²) in [5, 5.41) is 4.34. The third kappa shape index (κ3) is 5.35. The first-order valence-corrected chi connectivity index (χ1v) is 8.91. The van der Waals surface area contributed by atoms with Gasteiger partial charge in [-0.25, -0.2) is 4.79 Å². The lowest BCUT2D eigenvalue weighted by atomic mass is 10.1. The van der Waals surface area contributed by atoms with E-state index in [1.807, 2.05) is 65.7 Å². The Bertz CT molecular complexity index is 912. The monoisotopic (exact) mass is 374 g/mol. The van der Waals surface area contributed by atoms with Crippen LogP contribution in [0.4, 0.5) is 10.5 Å².